The summed E-state index contributed by atoms with van der Waals surface area (Å²) in [6.45, 7) is 0. The van der Waals surface area contributed by atoms with E-state index in [9.17, 15) is 9.90 Å². The molecule has 0 radical (unpaired) electrons. The Balaban J connectivity index is 2.06. The van der Waals surface area contributed by atoms with Crippen LogP contribution in [0, 0.1) is 0 Å². The zero-order valence-electron chi connectivity index (χ0n) is 10.3. The van der Waals surface area contributed by atoms with E-state index in [1.165, 1.54) is 0 Å². The first kappa shape index (κ1) is 11.9. The van der Waals surface area contributed by atoms with E-state index in [2.05, 4.69) is 0 Å². The van der Waals surface area contributed by atoms with Crippen LogP contribution in [0.1, 0.15) is 22.8 Å². The molecule has 0 spiro atoms. The van der Waals surface area contributed by atoms with E-state index in [0.29, 0.717) is 6.42 Å². The largest absolute Gasteiger partial charge is 0.479 e. The maximum atomic E-state index is 11.2. The molecule has 0 saturated heterocycles. The quantitative estimate of drug-likeness (QED) is 0.896. The van der Waals surface area contributed by atoms with Gasteiger partial charge in [-0.15, -0.1) is 0 Å². The molecular weight excluding hydrogens is 240 g/mol. The van der Waals surface area contributed by atoms with Gasteiger partial charge in [-0.1, -0.05) is 54.6 Å². The van der Waals surface area contributed by atoms with E-state index >= 15 is 0 Å². The topological polar surface area (TPSA) is 46.5 Å². The van der Waals surface area contributed by atoms with Crippen LogP contribution in [0.3, 0.4) is 0 Å². The highest BCUT2D eigenvalue weighted by molar-refractivity contribution is 5.73. The van der Waals surface area contributed by atoms with Gasteiger partial charge in [-0.05, 0) is 16.7 Å². The summed E-state index contributed by atoms with van der Waals surface area (Å²) in [5.41, 5.74) is 3.10. The van der Waals surface area contributed by atoms with Crippen LogP contribution in [0.15, 0.2) is 54.6 Å². The molecule has 2 atom stereocenters. The number of hydrogen-bond acceptors (Lipinski definition) is 2. The Morgan fingerprint density at radius 3 is 2.47 bits per heavy atom. The Bertz CT molecular complexity index is 592. The molecule has 3 heteroatoms. The third-order valence-electron chi connectivity index (χ3n) is 3.42. The third-order valence-corrected chi connectivity index (χ3v) is 3.42. The van der Waals surface area contributed by atoms with E-state index in [0.717, 1.165) is 16.7 Å². The van der Waals surface area contributed by atoms with Crippen LogP contribution in [0.25, 0.3) is 0 Å². The molecule has 1 aliphatic rings. The van der Waals surface area contributed by atoms with Crippen molar-refractivity contribution in [3.63, 3.8) is 0 Å². The molecule has 3 rings (SSSR count). The van der Waals surface area contributed by atoms with Crippen molar-refractivity contribution in [2.45, 2.75) is 18.6 Å². The van der Waals surface area contributed by atoms with Gasteiger partial charge in [-0.2, -0.15) is 0 Å². The van der Waals surface area contributed by atoms with Crippen LogP contribution >= 0.6 is 0 Å². The smallest absolute Gasteiger partial charge is 0.333 e. The molecule has 1 N–H and O–H groups in total. The van der Waals surface area contributed by atoms with Crippen LogP contribution in [-0.4, -0.2) is 17.2 Å². The minimum Gasteiger partial charge on any atom is -0.479 e. The average molecular weight is 254 g/mol. The zero-order valence-corrected chi connectivity index (χ0v) is 10.3. The molecular formula is C16H14O3. The minimum absolute atomic E-state index is 0.299. The van der Waals surface area contributed by atoms with Crippen molar-refractivity contribution < 1.29 is 14.6 Å². The summed E-state index contributed by atoms with van der Waals surface area (Å²) in [6.07, 6.45) is -0.651. The maximum Gasteiger partial charge on any atom is 0.333 e. The van der Waals surface area contributed by atoms with E-state index in [1.54, 1.807) is 0 Å². The van der Waals surface area contributed by atoms with E-state index < -0.39 is 12.1 Å². The monoisotopic (exact) mass is 254 g/mol. The lowest BCUT2D eigenvalue weighted by molar-refractivity contribution is -0.154. The number of ether oxygens (including phenoxy) is 1. The summed E-state index contributed by atoms with van der Waals surface area (Å²) in [4.78, 5) is 11.2. The molecule has 0 aromatic heterocycles. The Morgan fingerprint density at radius 1 is 1.05 bits per heavy atom. The summed E-state index contributed by atoms with van der Waals surface area (Å²) in [5, 5.41) is 9.20. The number of aliphatic carboxylic acids is 1. The average Bonchev–Trinajstić information content (AvgIpc) is 2.47. The highest BCUT2D eigenvalue weighted by Crippen LogP contribution is 2.35. The molecule has 1 aliphatic heterocycles. The lowest BCUT2D eigenvalue weighted by Gasteiger charge is -2.30. The summed E-state index contributed by atoms with van der Waals surface area (Å²) in [7, 11) is 0. The van der Waals surface area contributed by atoms with Crippen molar-refractivity contribution in [2.24, 2.45) is 0 Å². The van der Waals surface area contributed by atoms with Crippen molar-refractivity contribution in [3.05, 3.63) is 71.3 Å². The second-order valence-corrected chi connectivity index (χ2v) is 4.66. The normalized spacial score (nSPS) is 21.7. The lowest BCUT2D eigenvalue weighted by atomic mass is 9.90. The Hall–Kier alpha value is -2.13. The van der Waals surface area contributed by atoms with Crippen LogP contribution in [0.4, 0.5) is 0 Å². The standard InChI is InChI=1S/C16H14O3/c17-16(18)14-10-12-8-4-5-9-13(12)15(19-14)11-6-2-1-3-7-11/h1-9,14-15H,10H2,(H,17,18). The van der Waals surface area contributed by atoms with Gasteiger partial charge < -0.3 is 9.84 Å². The summed E-state index contributed by atoms with van der Waals surface area (Å²) in [6, 6.07) is 17.6. The van der Waals surface area contributed by atoms with Gasteiger partial charge in [-0.3, -0.25) is 0 Å². The van der Waals surface area contributed by atoms with Crippen LogP contribution in [0.2, 0.25) is 0 Å². The Labute approximate surface area is 111 Å². The number of carboxylic acid groups (broad SMARTS) is 1. The van der Waals surface area contributed by atoms with Gasteiger partial charge in [0.1, 0.15) is 6.10 Å². The minimum atomic E-state index is -0.907. The van der Waals surface area contributed by atoms with E-state index in [-0.39, 0.29) is 6.10 Å². The van der Waals surface area contributed by atoms with Crippen molar-refractivity contribution in [1.29, 1.82) is 0 Å². The van der Waals surface area contributed by atoms with Gasteiger partial charge in [-0.25, -0.2) is 4.79 Å². The molecule has 0 fully saturated rings. The van der Waals surface area contributed by atoms with Gasteiger partial charge >= 0.3 is 5.97 Å². The molecule has 3 nitrogen and oxygen atoms in total. The first-order valence-corrected chi connectivity index (χ1v) is 6.26. The van der Waals surface area contributed by atoms with Gasteiger partial charge in [0, 0.05) is 6.42 Å². The van der Waals surface area contributed by atoms with Gasteiger partial charge in [0.15, 0.2) is 6.10 Å². The molecule has 0 bridgehead atoms. The first-order chi connectivity index (χ1) is 9.25. The molecule has 2 unspecified atom stereocenters. The SMILES string of the molecule is O=C(O)C1Cc2ccccc2C(c2ccccc2)O1. The molecule has 2 aromatic rings. The molecule has 1 heterocycles. The molecule has 0 aliphatic carbocycles. The summed E-state index contributed by atoms with van der Waals surface area (Å²) >= 11 is 0. The maximum absolute atomic E-state index is 11.2. The number of benzene rings is 2. The fourth-order valence-corrected chi connectivity index (χ4v) is 2.49. The van der Waals surface area contributed by atoms with Crippen molar-refractivity contribution >= 4 is 5.97 Å². The lowest BCUT2D eigenvalue weighted by Crippen LogP contribution is -2.33. The van der Waals surface area contributed by atoms with Crippen LogP contribution in [-0.2, 0) is 16.0 Å². The highest BCUT2D eigenvalue weighted by Gasteiger charge is 2.32. The fraction of sp³-hybridized carbons (Fsp3) is 0.188. The molecule has 19 heavy (non-hydrogen) atoms. The predicted molar refractivity (Wildman–Crippen MR) is 70.9 cm³/mol. The number of fused-ring (bicyclic) bond motifs is 1. The van der Waals surface area contributed by atoms with Crippen LogP contribution < -0.4 is 0 Å². The predicted octanol–water partition coefficient (Wildman–Crippen LogP) is 2.80. The van der Waals surface area contributed by atoms with E-state index in [1.807, 2.05) is 54.6 Å². The molecule has 0 saturated carbocycles. The summed E-state index contributed by atoms with van der Waals surface area (Å²) < 4.78 is 5.76. The van der Waals surface area contributed by atoms with Gasteiger partial charge in [0.25, 0.3) is 0 Å². The van der Waals surface area contributed by atoms with Gasteiger partial charge in [0.05, 0.1) is 0 Å². The molecule has 96 valence electrons. The van der Waals surface area contributed by atoms with Crippen molar-refractivity contribution in [1.82, 2.24) is 0 Å². The first-order valence-electron chi connectivity index (χ1n) is 6.26. The van der Waals surface area contributed by atoms with Gasteiger partial charge in [0.2, 0.25) is 0 Å². The number of hydrogen-bond donors (Lipinski definition) is 1. The summed E-state index contributed by atoms with van der Waals surface area (Å²) in [5.74, 6) is -0.907. The number of carboxylic acids is 1. The fourth-order valence-electron chi connectivity index (χ4n) is 2.49. The second kappa shape index (κ2) is 4.86. The molecule has 0 amide bonds. The van der Waals surface area contributed by atoms with Crippen molar-refractivity contribution in [2.75, 3.05) is 0 Å². The van der Waals surface area contributed by atoms with E-state index in [4.69, 9.17) is 4.74 Å². The Kier molecular flexibility index (Phi) is 3.05. The van der Waals surface area contributed by atoms with Crippen LogP contribution in [0.5, 0.6) is 0 Å². The van der Waals surface area contributed by atoms with Crippen molar-refractivity contribution in [3.8, 4) is 0 Å². The Morgan fingerprint density at radius 2 is 1.74 bits per heavy atom. The second-order valence-electron chi connectivity index (χ2n) is 4.66. The highest BCUT2D eigenvalue weighted by atomic mass is 16.5. The zero-order chi connectivity index (χ0) is 13.2. The molecule has 2 aromatic carbocycles. The number of carbonyl (C=O) groups is 1. The number of rotatable bonds is 2. The third kappa shape index (κ3) is 2.25.